The van der Waals surface area contributed by atoms with Gasteiger partial charge in [-0.05, 0) is 43.7 Å². The maximum atomic E-state index is 12.7. The maximum absolute atomic E-state index is 12.7. The number of carbonyl (C=O) groups is 1. The van der Waals surface area contributed by atoms with Gasteiger partial charge in [-0.1, -0.05) is 18.7 Å². The van der Waals surface area contributed by atoms with Crippen LogP contribution in [0.2, 0.25) is 0 Å². The summed E-state index contributed by atoms with van der Waals surface area (Å²) in [5.41, 5.74) is 0.693. The Hall–Kier alpha value is -2.46. The molecule has 1 amide bonds. The number of hydrogen-bond donors (Lipinski definition) is 1. The van der Waals surface area contributed by atoms with Gasteiger partial charge in [-0.2, -0.15) is 0 Å². The van der Waals surface area contributed by atoms with E-state index in [1.165, 1.54) is 11.8 Å². The first-order valence-corrected chi connectivity index (χ1v) is 13.3. The van der Waals surface area contributed by atoms with Crippen molar-refractivity contribution in [3.05, 3.63) is 18.2 Å². The van der Waals surface area contributed by atoms with Gasteiger partial charge in [0.15, 0.2) is 16.7 Å². The number of thioether (sulfide) groups is 1. The quantitative estimate of drug-likeness (QED) is 0.593. The van der Waals surface area contributed by atoms with Gasteiger partial charge in [-0.15, -0.1) is 10.2 Å². The molecule has 0 radical (unpaired) electrons. The maximum Gasteiger partial charge on any atom is 0.234 e. The van der Waals surface area contributed by atoms with Crippen LogP contribution in [0, 0.1) is 5.92 Å². The molecule has 1 aromatic carbocycles. The van der Waals surface area contributed by atoms with Gasteiger partial charge in [0.2, 0.25) is 11.9 Å². The summed E-state index contributed by atoms with van der Waals surface area (Å²) >= 11 is 1.41. The fourth-order valence-electron chi connectivity index (χ4n) is 4.55. The first-order chi connectivity index (χ1) is 16.7. The Balaban J connectivity index is 1.24. The Bertz CT molecular complexity index is 986. The molecule has 1 unspecified atom stereocenters. The summed E-state index contributed by atoms with van der Waals surface area (Å²) in [5.74, 6) is 3.17. The number of hydrogen-bond acceptors (Lipinski definition) is 8. The van der Waals surface area contributed by atoms with Crippen LogP contribution in [0.4, 0.5) is 11.6 Å². The molecule has 3 aliphatic heterocycles. The van der Waals surface area contributed by atoms with Crippen LogP contribution in [0.25, 0.3) is 0 Å². The summed E-state index contributed by atoms with van der Waals surface area (Å²) in [4.78, 5) is 15.0. The summed E-state index contributed by atoms with van der Waals surface area (Å²) in [6.07, 6.45) is 5.47. The summed E-state index contributed by atoms with van der Waals surface area (Å²) in [6, 6.07) is 5.50. The van der Waals surface area contributed by atoms with Crippen molar-refractivity contribution in [2.75, 3.05) is 48.9 Å². The average molecular weight is 488 g/mol. The highest BCUT2D eigenvalue weighted by Gasteiger charge is 2.26. The van der Waals surface area contributed by atoms with Crippen LogP contribution in [-0.2, 0) is 16.1 Å². The molecule has 0 aliphatic carbocycles. The summed E-state index contributed by atoms with van der Waals surface area (Å²) in [7, 11) is 0. The van der Waals surface area contributed by atoms with E-state index in [9.17, 15) is 4.79 Å². The minimum atomic E-state index is -0.0977. The lowest BCUT2D eigenvalue weighted by Gasteiger charge is -2.31. The minimum Gasteiger partial charge on any atom is -0.490 e. The predicted molar refractivity (Wildman–Crippen MR) is 131 cm³/mol. The number of anilines is 2. The van der Waals surface area contributed by atoms with Crippen LogP contribution in [-0.4, -0.2) is 65.4 Å². The lowest BCUT2D eigenvalue weighted by atomic mass is 10.00. The lowest BCUT2D eigenvalue weighted by molar-refractivity contribution is -0.113. The Kier molecular flexibility index (Phi) is 7.44. The van der Waals surface area contributed by atoms with Crippen molar-refractivity contribution in [3.63, 3.8) is 0 Å². The van der Waals surface area contributed by atoms with Gasteiger partial charge in [-0.25, -0.2) is 0 Å². The Morgan fingerprint density at radius 1 is 1.09 bits per heavy atom. The van der Waals surface area contributed by atoms with Gasteiger partial charge in [0.25, 0.3) is 0 Å². The Morgan fingerprint density at radius 2 is 1.91 bits per heavy atom. The third kappa shape index (κ3) is 5.60. The number of aromatic nitrogens is 3. The summed E-state index contributed by atoms with van der Waals surface area (Å²) < 4.78 is 19.4. The van der Waals surface area contributed by atoms with Crippen molar-refractivity contribution in [1.29, 1.82) is 0 Å². The van der Waals surface area contributed by atoms with Crippen LogP contribution in [0.3, 0.4) is 0 Å². The smallest absolute Gasteiger partial charge is 0.234 e. The number of rotatable bonds is 7. The van der Waals surface area contributed by atoms with Crippen molar-refractivity contribution in [3.8, 4) is 11.5 Å². The normalized spacial score (nSPS) is 20.9. The number of amides is 1. The Morgan fingerprint density at radius 3 is 2.71 bits per heavy atom. The van der Waals surface area contributed by atoms with Crippen molar-refractivity contribution in [2.45, 2.75) is 56.8 Å². The molecule has 2 saturated heterocycles. The summed E-state index contributed by atoms with van der Waals surface area (Å²) in [5, 5.41) is 12.7. The number of fused-ring (bicyclic) bond motifs is 1. The van der Waals surface area contributed by atoms with Gasteiger partial charge < -0.3 is 24.4 Å². The molecule has 1 N–H and O–H groups in total. The molecule has 2 fully saturated rings. The average Bonchev–Trinajstić information content (AvgIpc) is 3.43. The standard InChI is InChI=1S/C24H33N5O4S/c1-17-7-9-28(10-8-17)23-26-27-24(29(23)15-19-4-2-11-31-19)34-16-22(30)25-18-5-6-20-21(14-18)33-13-3-12-32-20/h5-6,14,17,19H,2-4,7-13,15-16H2,1H3,(H,25,30). The van der Waals surface area contributed by atoms with E-state index >= 15 is 0 Å². The zero-order valence-electron chi connectivity index (χ0n) is 19.7. The van der Waals surface area contributed by atoms with Crippen LogP contribution in [0.15, 0.2) is 23.4 Å². The van der Waals surface area contributed by atoms with Gasteiger partial charge in [0.05, 0.1) is 31.6 Å². The zero-order valence-corrected chi connectivity index (χ0v) is 20.5. The molecule has 3 aliphatic rings. The highest BCUT2D eigenvalue weighted by atomic mass is 32.2. The molecule has 10 heteroatoms. The second-order valence-corrected chi connectivity index (χ2v) is 10.2. The van der Waals surface area contributed by atoms with Crippen molar-refractivity contribution in [2.24, 2.45) is 5.92 Å². The molecule has 34 heavy (non-hydrogen) atoms. The second-order valence-electron chi connectivity index (χ2n) is 9.25. The number of piperidine rings is 1. The van der Waals surface area contributed by atoms with Gasteiger partial charge in [0, 0.05) is 37.9 Å². The molecule has 2 aromatic rings. The number of ether oxygens (including phenoxy) is 3. The van der Waals surface area contributed by atoms with E-state index < -0.39 is 0 Å². The molecule has 0 saturated carbocycles. The number of nitrogens with zero attached hydrogens (tertiary/aromatic N) is 4. The van der Waals surface area contributed by atoms with E-state index in [-0.39, 0.29) is 17.8 Å². The minimum absolute atomic E-state index is 0.0977. The van der Waals surface area contributed by atoms with Crippen molar-refractivity contribution >= 4 is 29.3 Å². The molecule has 0 spiro atoms. The van der Waals surface area contributed by atoms with E-state index in [0.29, 0.717) is 30.4 Å². The monoisotopic (exact) mass is 487 g/mol. The van der Waals surface area contributed by atoms with Crippen LogP contribution < -0.4 is 19.7 Å². The number of nitrogens with one attached hydrogen (secondary N) is 1. The first kappa shape index (κ1) is 23.3. The highest BCUT2D eigenvalue weighted by Crippen LogP contribution is 2.33. The SMILES string of the molecule is CC1CCN(c2nnc(SCC(=O)Nc3ccc4c(c3)OCCCO4)n2CC2CCCO2)CC1. The first-order valence-electron chi connectivity index (χ1n) is 12.3. The molecule has 9 nitrogen and oxygen atoms in total. The topological polar surface area (TPSA) is 90.7 Å². The third-order valence-corrected chi connectivity index (χ3v) is 7.50. The van der Waals surface area contributed by atoms with E-state index in [0.717, 1.165) is 75.4 Å². The third-order valence-electron chi connectivity index (χ3n) is 6.54. The van der Waals surface area contributed by atoms with Crippen LogP contribution in [0.5, 0.6) is 11.5 Å². The number of carbonyl (C=O) groups excluding carboxylic acids is 1. The molecule has 184 valence electrons. The number of benzene rings is 1. The molecular formula is C24H33N5O4S. The van der Waals surface area contributed by atoms with Gasteiger partial charge >= 0.3 is 0 Å². The van der Waals surface area contributed by atoms with Crippen molar-refractivity contribution < 1.29 is 19.0 Å². The molecule has 5 rings (SSSR count). The lowest BCUT2D eigenvalue weighted by Crippen LogP contribution is -2.35. The highest BCUT2D eigenvalue weighted by molar-refractivity contribution is 7.99. The van der Waals surface area contributed by atoms with Crippen molar-refractivity contribution in [1.82, 2.24) is 14.8 Å². The van der Waals surface area contributed by atoms with Crippen LogP contribution >= 0.6 is 11.8 Å². The van der Waals surface area contributed by atoms with Crippen LogP contribution in [0.1, 0.15) is 39.0 Å². The molecule has 1 aromatic heterocycles. The van der Waals surface area contributed by atoms with E-state index in [4.69, 9.17) is 14.2 Å². The molecule has 0 bridgehead atoms. The van der Waals surface area contributed by atoms with E-state index in [1.807, 2.05) is 18.2 Å². The van der Waals surface area contributed by atoms with E-state index in [2.05, 4.69) is 31.9 Å². The van der Waals surface area contributed by atoms with Gasteiger partial charge in [-0.3, -0.25) is 9.36 Å². The van der Waals surface area contributed by atoms with Gasteiger partial charge in [0.1, 0.15) is 0 Å². The predicted octanol–water partition coefficient (Wildman–Crippen LogP) is 3.59. The molecule has 4 heterocycles. The fourth-order valence-corrected chi connectivity index (χ4v) is 5.29. The molecular weight excluding hydrogens is 454 g/mol. The largest absolute Gasteiger partial charge is 0.490 e. The summed E-state index contributed by atoms with van der Waals surface area (Å²) in [6.45, 7) is 7.06. The second kappa shape index (κ2) is 10.9. The molecule has 1 atom stereocenters. The van der Waals surface area contributed by atoms with E-state index in [1.54, 1.807) is 0 Å². The zero-order chi connectivity index (χ0) is 23.3. The Labute approximate surface area is 204 Å². The fraction of sp³-hybridized carbons (Fsp3) is 0.625.